The molecule has 0 saturated carbocycles. The Kier molecular flexibility index (Phi) is 4.32. The third-order valence-corrected chi connectivity index (χ3v) is 4.51. The van der Waals surface area contributed by atoms with Gasteiger partial charge in [-0.2, -0.15) is 0 Å². The van der Waals surface area contributed by atoms with Crippen LogP contribution >= 0.6 is 0 Å². The number of carbonyl (C=O) groups is 2. The third-order valence-electron chi connectivity index (χ3n) is 4.51. The van der Waals surface area contributed by atoms with Crippen molar-refractivity contribution >= 4 is 11.8 Å². The molecule has 1 aliphatic carbocycles. The second-order valence-corrected chi connectivity index (χ2v) is 5.96. The molecule has 0 radical (unpaired) electrons. The van der Waals surface area contributed by atoms with E-state index in [1.165, 1.54) is 17.5 Å². The van der Waals surface area contributed by atoms with Crippen molar-refractivity contribution in [2.75, 3.05) is 32.8 Å². The summed E-state index contributed by atoms with van der Waals surface area (Å²) in [7, 11) is 0. The van der Waals surface area contributed by atoms with Gasteiger partial charge in [0.15, 0.2) is 6.61 Å². The maximum absolute atomic E-state index is 12.2. The number of fused-ring (bicyclic) bond motifs is 1. The lowest BCUT2D eigenvalue weighted by Gasteiger charge is -2.34. The number of piperazine rings is 1. The van der Waals surface area contributed by atoms with Gasteiger partial charge in [-0.3, -0.25) is 9.59 Å². The average Bonchev–Trinajstić information content (AvgIpc) is 3.00. The standard InChI is InChI=1S/C17H22N2O3/c1-13(20)18-7-9-19(10-8-18)17(21)12-22-16-6-5-14-3-2-4-15(14)11-16/h5-6,11H,2-4,7-10,12H2,1H3. The Labute approximate surface area is 130 Å². The van der Waals surface area contributed by atoms with Crippen molar-refractivity contribution in [1.82, 2.24) is 9.80 Å². The Morgan fingerprint density at radius 3 is 2.45 bits per heavy atom. The molecule has 1 aromatic carbocycles. The largest absolute Gasteiger partial charge is 0.484 e. The normalized spacial score (nSPS) is 17.3. The zero-order valence-electron chi connectivity index (χ0n) is 13.0. The van der Waals surface area contributed by atoms with Crippen LogP contribution in [0.4, 0.5) is 0 Å². The van der Waals surface area contributed by atoms with Crippen LogP contribution in [-0.2, 0) is 22.4 Å². The summed E-state index contributed by atoms with van der Waals surface area (Å²) in [6.07, 6.45) is 3.46. The Bertz CT molecular complexity index is 577. The summed E-state index contributed by atoms with van der Waals surface area (Å²) in [5.74, 6) is 0.835. The van der Waals surface area contributed by atoms with E-state index in [-0.39, 0.29) is 18.4 Å². The van der Waals surface area contributed by atoms with Gasteiger partial charge in [-0.1, -0.05) is 6.07 Å². The van der Waals surface area contributed by atoms with Crippen LogP contribution in [0.15, 0.2) is 18.2 Å². The first-order valence-corrected chi connectivity index (χ1v) is 7.91. The SMILES string of the molecule is CC(=O)N1CCN(C(=O)COc2ccc3c(c2)CCC3)CC1. The van der Waals surface area contributed by atoms with Crippen molar-refractivity contribution in [3.8, 4) is 5.75 Å². The lowest BCUT2D eigenvalue weighted by molar-refractivity contribution is -0.139. The van der Waals surface area contributed by atoms with Gasteiger partial charge in [-0.25, -0.2) is 0 Å². The predicted octanol–water partition coefficient (Wildman–Crippen LogP) is 1.24. The van der Waals surface area contributed by atoms with Gasteiger partial charge in [-0.05, 0) is 42.5 Å². The maximum atomic E-state index is 12.2. The molecule has 2 amide bonds. The van der Waals surface area contributed by atoms with E-state index in [1.807, 2.05) is 6.07 Å². The van der Waals surface area contributed by atoms with Gasteiger partial charge < -0.3 is 14.5 Å². The second-order valence-electron chi connectivity index (χ2n) is 5.96. The quantitative estimate of drug-likeness (QED) is 0.844. The Morgan fingerprint density at radius 1 is 1.05 bits per heavy atom. The number of nitrogens with zero attached hydrogens (tertiary/aromatic N) is 2. The summed E-state index contributed by atoms with van der Waals surface area (Å²) in [6, 6.07) is 6.11. The van der Waals surface area contributed by atoms with E-state index in [4.69, 9.17) is 4.74 Å². The van der Waals surface area contributed by atoms with E-state index in [2.05, 4.69) is 12.1 Å². The van der Waals surface area contributed by atoms with Crippen LogP contribution in [0.25, 0.3) is 0 Å². The Morgan fingerprint density at radius 2 is 1.73 bits per heavy atom. The molecule has 1 heterocycles. The van der Waals surface area contributed by atoms with Gasteiger partial charge in [0.1, 0.15) is 5.75 Å². The summed E-state index contributed by atoms with van der Waals surface area (Å²) < 4.78 is 5.65. The average molecular weight is 302 g/mol. The molecular formula is C17H22N2O3. The van der Waals surface area contributed by atoms with E-state index < -0.39 is 0 Å². The minimum absolute atomic E-state index is 0.0105. The third kappa shape index (κ3) is 3.24. The highest BCUT2D eigenvalue weighted by Crippen LogP contribution is 2.26. The topological polar surface area (TPSA) is 49.9 Å². The highest BCUT2D eigenvalue weighted by molar-refractivity contribution is 5.78. The van der Waals surface area contributed by atoms with Crippen LogP contribution in [-0.4, -0.2) is 54.4 Å². The van der Waals surface area contributed by atoms with Crippen molar-refractivity contribution in [1.29, 1.82) is 0 Å². The van der Waals surface area contributed by atoms with Gasteiger partial charge >= 0.3 is 0 Å². The highest BCUT2D eigenvalue weighted by atomic mass is 16.5. The van der Waals surface area contributed by atoms with Crippen LogP contribution < -0.4 is 4.74 Å². The number of amides is 2. The van der Waals surface area contributed by atoms with Gasteiger partial charge in [0, 0.05) is 33.1 Å². The van der Waals surface area contributed by atoms with Gasteiger partial charge in [0.25, 0.3) is 5.91 Å². The Balaban J connectivity index is 1.49. The summed E-state index contributed by atoms with van der Waals surface area (Å²) in [6.45, 7) is 4.03. The summed E-state index contributed by atoms with van der Waals surface area (Å²) in [5, 5.41) is 0. The predicted molar refractivity (Wildman–Crippen MR) is 82.8 cm³/mol. The number of carbonyl (C=O) groups excluding carboxylic acids is 2. The van der Waals surface area contributed by atoms with Crippen molar-refractivity contribution < 1.29 is 14.3 Å². The fraction of sp³-hybridized carbons (Fsp3) is 0.529. The zero-order valence-corrected chi connectivity index (χ0v) is 13.0. The monoisotopic (exact) mass is 302 g/mol. The van der Waals surface area contributed by atoms with Crippen LogP contribution in [0.5, 0.6) is 5.75 Å². The molecule has 1 aliphatic heterocycles. The Hall–Kier alpha value is -2.04. The molecule has 2 aliphatic rings. The molecular weight excluding hydrogens is 280 g/mol. The first-order valence-electron chi connectivity index (χ1n) is 7.91. The molecule has 5 nitrogen and oxygen atoms in total. The second kappa shape index (κ2) is 6.38. The molecule has 0 aromatic heterocycles. The minimum atomic E-state index is -0.0105. The lowest BCUT2D eigenvalue weighted by Crippen LogP contribution is -2.51. The molecule has 1 saturated heterocycles. The molecule has 22 heavy (non-hydrogen) atoms. The summed E-state index contributed by atoms with van der Waals surface area (Å²) in [4.78, 5) is 27.0. The van der Waals surface area contributed by atoms with Crippen molar-refractivity contribution in [2.45, 2.75) is 26.2 Å². The van der Waals surface area contributed by atoms with Crippen molar-refractivity contribution in [2.24, 2.45) is 0 Å². The van der Waals surface area contributed by atoms with E-state index in [0.29, 0.717) is 26.2 Å². The van der Waals surface area contributed by atoms with Crippen molar-refractivity contribution in [3.63, 3.8) is 0 Å². The number of aryl methyl sites for hydroxylation is 2. The lowest BCUT2D eigenvalue weighted by atomic mass is 10.1. The number of hydrogen-bond donors (Lipinski definition) is 0. The molecule has 0 spiro atoms. The zero-order chi connectivity index (χ0) is 15.5. The molecule has 1 fully saturated rings. The number of rotatable bonds is 3. The molecule has 0 N–H and O–H groups in total. The highest BCUT2D eigenvalue weighted by Gasteiger charge is 2.22. The molecule has 1 aromatic rings. The molecule has 0 bridgehead atoms. The van der Waals surface area contributed by atoms with Gasteiger partial charge in [-0.15, -0.1) is 0 Å². The summed E-state index contributed by atoms with van der Waals surface area (Å²) in [5.41, 5.74) is 2.75. The van der Waals surface area contributed by atoms with Crippen LogP contribution in [0.2, 0.25) is 0 Å². The van der Waals surface area contributed by atoms with Crippen LogP contribution in [0.1, 0.15) is 24.5 Å². The molecule has 0 unspecified atom stereocenters. The molecule has 118 valence electrons. The number of benzene rings is 1. The van der Waals surface area contributed by atoms with E-state index in [9.17, 15) is 9.59 Å². The molecule has 0 atom stereocenters. The van der Waals surface area contributed by atoms with E-state index in [0.717, 1.165) is 18.6 Å². The van der Waals surface area contributed by atoms with E-state index >= 15 is 0 Å². The maximum Gasteiger partial charge on any atom is 0.260 e. The number of ether oxygens (including phenoxy) is 1. The smallest absolute Gasteiger partial charge is 0.260 e. The van der Waals surface area contributed by atoms with Crippen LogP contribution in [0.3, 0.4) is 0 Å². The molecule has 3 rings (SSSR count). The van der Waals surface area contributed by atoms with Crippen molar-refractivity contribution in [3.05, 3.63) is 29.3 Å². The van der Waals surface area contributed by atoms with E-state index in [1.54, 1.807) is 16.7 Å². The van der Waals surface area contributed by atoms with Gasteiger partial charge in [0.05, 0.1) is 0 Å². The minimum Gasteiger partial charge on any atom is -0.484 e. The first-order chi connectivity index (χ1) is 10.6. The molecule has 5 heteroatoms. The van der Waals surface area contributed by atoms with Crippen LogP contribution in [0, 0.1) is 0 Å². The first kappa shape index (κ1) is 14.9. The number of hydrogen-bond acceptors (Lipinski definition) is 3. The summed E-state index contributed by atoms with van der Waals surface area (Å²) >= 11 is 0. The fourth-order valence-electron chi connectivity index (χ4n) is 3.15. The fourth-order valence-corrected chi connectivity index (χ4v) is 3.15. The van der Waals surface area contributed by atoms with Gasteiger partial charge in [0.2, 0.25) is 5.91 Å².